The number of nitrogens with zero attached hydrogens (tertiary/aromatic N) is 2. The Hall–Kier alpha value is -3.59. The van der Waals surface area contributed by atoms with E-state index >= 15 is 0 Å². The predicted octanol–water partition coefficient (Wildman–Crippen LogP) is 7.11. The number of aryl methyl sites for hydroxylation is 1. The maximum atomic E-state index is 14.4. The van der Waals surface area contributed by atoms with E-state index in [-0.39, 0.29) is 17.8 Å². The molecule has 0 saturated heterocycles. The van der Waals surface area contributed by atoms with E-state index in [4.69, 9.17) is 0 Å². The van der Waals surface area contributed by atoms with E-state index in [1.807, 2.05) is 22.9 Å². The second-order valence-corrected chi connectivity index (χ2v) is 10.2. The van der Waals surface area contributed by atoms with Crippen LogP contribution in [0.5, 0.6) is 0 Å². The minimum Gasteiger partial charge on any atom is -0.310 e. The van der Waals surface area contributed by atoms with Crippen LogP contribution in [-0.2, 0) is 19.4 Å². The molecule has 3 heterocycles. The lowest BCUT2D eigenvalue weighted by atomic mass is 9.95. The summed E-state index contributed by atoms with van der Waals surface area (Å²) in [6, 6.07) is 8.23. The zero-order chi connectivity index (χ0) is 25.0. The molecule has 36 heavy (non-hydrogen) atoms. The van der Waals surface area contributed by atoms with Crippen molar-refractivity contribution in [2.24, 2.45) is 0 Å². The number of hydrogen-bond donors (Lipinski definition) is 1. The van der Waals surface area contributed by atoms with E-state index in [2.05, 4.69) is 5.32 Å². The number of hydrogen-bond acceptors (Lipinski definition) is 2. The Morgan fingerprint density at radius 1 is 0.917 bits per heavy atom. The number of nitrogens with one attached hydrogen (secondary N) is 1. The van der Waals surface area contributed by atoms with Gasteiger partial charge in [-0.25, -0.2) is 22.4 Å². The van der Waals surface area contributed by atoms with Crippen LogP contribution in [-0.4, -0.2) is 15.5 Å². The molecular formula is C27H21F4N3OS. The number of carbonyl (C=O) groups is 1. The summed E-state index contributed by atoms with van der Waals surface area (Å²) >= 11 is 1.68. The van der Waals surface area contributed by atoms with Crippen LogP contribution in [0.4, 0.5) is 28.0 Å². The van der Waals surface area contributed by atoms with Crippen LogP contribution in [0.2, 0.25) is 0 Å². The van der Waals surface area contributed by atoms with Crippen LogP contribution in [0.1, 0.15) is 46.1 Å². The molecule has 0 saturated carbocycles. The molecular weight excluding hydrogens is 490 g/mol. The summed E-state index contributed by atoms with van der Waals surface area (Å²) in [5.41, 5.74) is 2.93. The van der Waals surface area contributed by atoms with E-state index in [9.17, 15) is 22.4 Å². The number of anilines is 1. The molecule has 1 N–H and O–H groups in total. The Morgan fingerprint density at radius 3 is 2.47 bits per heavy atom. The van der Waals surface area contributed by atoms with E-state index in [0.717, 1.165) is 54.4 Å². The molecule has 6 rings (SSSR count). The average Bonchev–Trinajstić information content (AvgIpc) is 3.42. The quantitative estimate of drug-likeness (QED) is 0.286. The lowest BCUT2D eigenvalue weighted by Crippen LogP contribution is -2.38. The van der Waals surface area contributed by atoms with E-state index < -0.39 is 35.3 Å². The second-order valence-electron chi connectivity index (χ2n) is 9.09. The molecule has 1 aliphatic heterocycles. The normalized spacial score (nSPS) is 16.7. The third-order valence-corrected chi connectivity index (χ3v) is 8.15. The molecule has 0 radical (unpaired) electrons. The molecule has 1 atom stereocenters. The highest BCUT2D eigenvalue weighted by Crippen LogP contribution is 2.44. The Bertz CT molecular complexity index is 1470. The summed E-state index contributed by atoms with van der Waals surface area (Å²) in [4.78, 5) is 16.5. The van der Waals surface area contributed by atoms with Gasteiger partial charge in [-0.2, -0.15) is 0 Å². The van der Waals surface area contributed by atoms with Gasteiger partial charge >= 0.3 is 6.03 Å². The van der Waals surface area contributed by atoms with Crippen molar-refractivity contribution in [2.75, 3.05) is 5.32 Å². The Balaban J connectivity index is 1.51. The summed E-state index contributed by atoms with van der Waals surface area (Å²) in [7, 11) is 0. The summed E-state index contributed by atoms with van der Waals surface area (Å²) in [5, 5.41) is 3.52. The van der Waals surface area contributed by atoms with Crippen LogP contribution in [0.3, 0.4) is 0 Å². The van der Waals surface area contributed by atoms with Gasteiger partial charge in [0.15, 0.2) is 0 Å². The molecule has 1 aliphatic carbocycles. The van der Waals surface area contributed by atoms with Gasteiger partial charge in [-0.3, -0.25) is 0 Å². The van der Waals surface area contributed by atoms with Crippen LogP contribution >= 0.6 is 11.3 Å². The first kappa shape index (κ1) is 22.8. The molecule has 0 spiro atoms. The maximum Gasteiger partial charge on any atom is 0.323 e. The highest BCUT2D eigenvalue weighted by atomic mass is 32.1. The highest BCUT2D eigenvalue weighted by molar-refractivity contribution is 7.15. The highest BCUT2D eigenvalue weighted by Gasteiger charge is 2.36. The Morgan fingerprint density at radius 2 is 1.69 bits per heavy atom. The number of thiophene rings is 1. The molecule has 184 valence electrons. The van der Waals surface area contributed by atoms with Crippen molar-refractivity contribution < 1.29 is 22.4 Å². The van der Waals surface area contributed by atoms with E-state index in [1.165, 1.54) is 27.5 Å². The molecule has 2 aromatic heterocycles. The number of benzene rings is 2. The summed E-state index contributed by atoms with van der Waals surface area (Å²) in [6.07, 6.45) is 5.89. The number of urea groups is 1. The van der Waals surface area contributed by atoms with Crippen LogP contribution in [0.25, 0.3) is 5.00 Å². The number of rotatable bonds is 2. The summed E-state index contributed by atoms with van der Waals surface area (Å²) in [5.74, 6) is -3.20. The lowest BCUT2D eigenvalue weighted by molar-refractivity contribution is 0.194. The average molecular weight is 512 g/mol. The van der Waals surface area contributed by atoms with Gasteiger partial charge in [-0.05, 0) is 73.2 Å². The van der Waals surface area contributed by atoms with E-state index in [1.54, 1.807) is 11.3 Å². The van der Waals surface area contributed by atoms with Crippen LogP contribution in [0.15, 0.2) is 54.7 Å². The van der Waals surface area contributed by atoms with Crippen molar-refractivity contribution in [3.8, 4) is 5.00 Å². The zero-order valence-corrected chi connectivity index (χ0v) is 19.8. The third-order valence-electron chi connectivity index (χ3n) is 6.81. The first-order valence-corrected chi connectivity index (χ1v) is 12.5. The van der Waals surface area contributed by atoms with Gasteiger partial charge in [-0.15, -0.1) is 11.3 Å². The SMILES string of the molecule is O=C(Nc1ccc(F)cc1F)N1Cc2c(sc3c2CCCC3)-n2cccc2C1c1cc(F)cc(F)c1. The van der Waals surface area contributed by atoms with Gasteiger partial charge in [0.2, 0.25) is 0 Å². The summed E-state index contributed by atoms with van der Waals surface area (Å²) < 4.78 is 58.5. The molecule has 2 aliphatic rings. The van der Waals surface area contributed by atoms with Crippen LogP contribution in [0, 0.1) is 23.3 Å². The fourth-order valence-electron chi connectivity index (χ4n) is 5.25. The largest absolute Gasteiger partial charge is 0.323 e. The Kier molecular flexibility index (Phi) is 5.59. The zero-order valence-electron chi connectivity index (χ0n) is 19.0. The minimum absolute atomic E-state index is 0.167. The second kappa shape index (κ2) is 8.81. The number of fused-ring (bicyclic) bond motifs is 5. The van der Waals surface area contributed by atoms with Gasteiger partial charge in [-0.1, -0.05) is 0 Å². The van der Waals surface area contributed by atoms with Crippen molar-refractivity contribution in [3.63, 3.8) is 0 Å². The molecule has 9 heteroatoms. The van der Waals surface area contributed by atoms with Crippen molar-refractivity contribution in [3.05, 3.63) is 105 Å². The number of aromatic nitrogens is 1. The number of carbonyl (C=O) groups excluding carboxylic acids is 1. The van der Waals surface area contributed by atoms with Gasteiger partial charge < -0.3 is 14.8 Å². The molecule has 2 aromatic carbocycles. The van der Waals surface area contributed by atoms with Gasteiger partial charge in [0.05, 0.1) is 17.9 Å². The van der Waals surface area contributed by atoms with Crippen molar-refractivity contribution in [1.29, 1.82) is 0 Å². The standard InChI is InChI=1S/C27H21F4N3OS/c28-16-7-8-22(21(31)13-16)32-27(35)34-14-20-19-4-1-2-6-24(19)36-26(20)33-9-3-5-23(33)25(34)15-10-17(29)12-18(30)11-15/h3,5,7-13,25H,1-2,4,6,14H2,(H,32,35). The molecule has 2 amide bonds. The fraction of sp³-hybridized carbons (Fsp3) is 0.222. The minimum atomic E-state index is -0.913. The fourth-order valence-corrected chi connectivity index (χ4v) is 6.65. The predicted molar refractivity (Wildman–Crippen MR) is 129 cm³/mol. The monoisotopic (exact) mass is 511 g/mol. The number of halogens is 4. The van der Waals surface area contributed by atoms with Crippen LogP contribution < -0.4 is 5.32 Å². The maximum absolute atomic E-state index is 14.4. The van der Waals surface area contributed by atoms with E-state index in [0.29, 0.717) is 11.8 Å². The Labute approximate surface area is 208 Å². The van der Waals surface area contributed by atoms with Gasteiger partial charge in [0.1, 0.15) is 34.3 Å². The van der Waals surface area contributed by atoms with Crippen molar-refractivity contribution in [1.82, 2.24) is 9.47 Å². The van der Waals surface area contributed by atoms with Gasteiger partial charge in [0.25, 0.3) is 0 Å². The van der Waals surface area contributed by atoms with Crippen molar-refractivity contribution in [2.45, 2.75) is 38.3 Å². The molecule has 4 nitrogen and oxygen atoms in total. The molecule has 0 bridgehead atoms. The third kappa shape index (κ3) is 3.87. The van der Waals surface area contributed by atoms with Crippen molar-refractivity contribution >= 4 is 23.1 Å². The smallest absolute Gasteiger partial charge is 0.310 e. The first-order valence-electron chi connectivity index (χ1n) is 11.7. The molecule has 0 fully saturated rings. The topological polar surface area (TPSA) is 37.3 Å². The molecule has 1 unspecified atom stereocenters. The first-order chi connectivity index (χ1) is 17.4. The number of amides is 2. The van der Waals surface area contributed by atoms with Gasteiger partial charge in [0, 0.05) is 28.8 Å². The summed E-state index contributed by atoms with van der Waals surface area (Å²) in [6.45, 7) is 0.167. The molecule has 4 aromatic rings. The lowest BCUT2D eigenvalue weighted by Gasteiger charge is -2.31.